The maximum absolute atomic E-state index is 11.5. The molecule has 0 spiro atoms. The summed E-state index contributed by atoms with van der Waals surface area (Å²) in [7, 11) is 1.64. The Kier molecular flexibility index (Phi) is 4.75. The van der Waals surface area contributed by atoms with Crippen LogP contribution in [0.5, 0.6) is 0 Å². The second kappa shape index (κ2) is 6.75. The van der Waals surface area contributed by atoms with Crippen molar-refractivity contribution in [2.75, 3.05) is 20.3 Å². The molecule has 19 heavy (non-hydrogen) atoms. The number of hydrogen-bond acceptors (Lipinski definition) is 3. The highest BCUT2D eigenvalue weighted by Crippen LogP contribution is 2.19. The summed E-state index contributed by atoms with van der Waals surface area (Å²) >= 11 is 0. The van der Waals surface area contributed by atoms with Crippen LogP contribution in [0.4, 0.5) is 0 Å². The lowest BCUT2D eigenvalue weighted by molar-refractivity contribution is -0.116. The number of para-hydroxylation sites is 1. The summed E-state index contributed by atoms with van der Waals surface area (Å²) in [6, 6.07) is 9.65. The Labute approximate surface area is 112 Å². The maximum atomic E-state index is 11.5. The number of ether oxygens (including phenoxy) is 1. The van der Waals surface area contributed by atoms with Gasteiger partial charge in [0.2, 0.25) is 5.91 Å². The molecule has 2 rings (SSSR count). The lowest BCUT2D eigenvalue weighted by Gasteiger charge is -2.00. The van der Waals surface area contributed by atoms with E-state index >= 15 is 0 Å². The van der Waals surface area contributed by atoms with Crippen molar-refractivity contribution in [3.05, 3.63) is 42.2 Å². The van der Waals surface area contributed by atoms with Crippen molar-refractivity contribution in [3.8, 4) is 0 Å². The van der Waals surface area contributed by atoms with Crippen molar-refractivity contribution in [2.24, 2.45) is 0 Å². The number of methoxy groups -OCH3 is 1. The van der Waals surface area contributed by atoms with Crippen LogP contribution >= 0.6 is 0 Å². The molecule has 0 aliphatic carbocycles. The summed E-state index contributed by atoms with van der Waals surface area (Å²) in [6.07, 6.45) is 3.96. The predicted molar refractivity (Wildman–Crippen MR) is 74.8 cm³/mol. The highest BCUT2D eigenvalue weighted by atomic mass is 16.5. The molecule has 1 amide bonds. The largest absolute Gasteiger partial charge is 0.457 e. The average Bonchev–Trinajstić information content (AvgIpc) is 2.84. The molecular weight excluding hydrogens is 242 g/mol. The minimum absolute atomic E-state index is 0.128. The van der Waals surface area contributed by atoms with E-state index in [4.69, 9.17) is 9.15 Å². The molecule has 0 bridgehead atoms. The summed E-state index contributed by atoms with van der Waals surface area (Å²) in [4.78, 5) is 11.5. The van der Waals surface area contributed by atoms with Gasteiger partial charge in [0.25, 0.3) is 0 Å². The number of rotatable bonds is 6. The van der Waals surface area contributed by atoms with Gasteiger partial charge in [-0.25, -0.2) is 0 Å². The second-order valence-electron chi connectivity index (χ2n) is 4.16. The van der Waals surface area contributed by atoms with Gasteiger partial charge in [-0.05, 0) is 24.6 Å². The van der Waals surface area contributed by atoms with Crippen molar-refractivity contribution in [3.63, 3.8) is 0 Å². The van der Waals surface area contributed by atoms with Gasteiger partial charge in [-0.1, -0.05) is 18.2 Å². The van der Waals surface area contributed by atoms with Gasteiger partial charge in [0.05, 0.1) is 0 Å². The summed E-state index contributed by atoms with van der Waals surface area (Å²) in [5.41, 5.74) is 0.822. The van der Waals surface area contributed by atoms with Gasteiger partial charge in [-0.2, -0.15) is 0 Å². The fourth-order valence-electron chi connectivity index (χ4n) is 1.73. The van der Waals surface area contributed by atoms with Crippen LogP contribution in [-0.2, 0) is 9.53 Å². The van der Waals surface area contributed by atoms with Gasteiger partial charge >= 0.3 is 0 Å². The van der Waals surface area contributed by atoms with Crippen LogP contribution in [0.2, 0.25) is 0 Å². The minimum Gasteiger partial charge on any atom is -0.457 e. The summed E-state index contributed by atoms with van der Waals surface area (Å²) in [5, 5.41) is 3.80. The Bertz CT molecular complexity index is 539. The zero-order chi connectivity index (χ0) is 13.5. The molecule has 0 atom stereocenters. The molecule has 1 heterocycles. The highest BCUT2D eigenvalue weighted by molar-refractivity contribution is 5.92. The van der Waals surface area contributed by atoms with E-state index in [1.165, 1.54) is 6.08 Å². The van der Waals surface area contributed by atoms with Crippen molar-refractivity contribution in [1.29, 1.82) is 0 Å². The molecule has 0 radical (unpaired) electrons. The lowest BCUT2D eigenvalue weighted by Crippen LogP contribution is -2.22. The van der Waals surface area contributed by atoms with E-state index in [0.717, 1.165) is 17.4 Å². The number of hydrogen-bond donors (Lipinski definition) is 1. The van der Waals surface area contributed by atoms with Gasteiger partial charge in [-0.3, -0.25) is 4.79 Å². The molecule has 2 aromatic rings. The molecule has 4 nitrogen and oxygen atoms in total. The molecule has 0 saturated carbocycles. The molecule has 1 N–H and O–H groups in total. The van der Waals surface area contributed by atoms with Gasteiger partial charge in [-0.15, -0.1) is 0 Å². The number of furan rings is 1. The van der Waals surface area contributed by atoms with E-state index in [9.17, 15) is 4.79 Å². The van der Waals surface area contributed by atoms with E-state index in [2.05, 4.69) is 5.32 Å². The predicted octanol–water partition coefficient (Wildman–Crippen LogP) is 2.60. The van der Waals surface area contributed by atoms with E-state index in [-0.39, 0.29) is 5.91 Å². The Balaban J connectivity index is 1.89. The first-order valence-corrected chi connectivity index (χ1v) is 6.23. The monoisotopic (exact) mass is 259 g/mol. The Morgan fingerprint density at radius 3 is 3.05 bits per heavy atom. The number of amides is 1. The number of carbonyl (C=O) groups excluding carboxylic acids is 1. The number of fused-ring (bicyclic) bond motifs is 1. The first-order valence-electron chi connectivity index (χ1n) is 6.23. The van der Waals surface area contributed by atoms with Crippen LogP contribution in [0.1, 0.15) is 12.2 Å². The first kappa shape index (κ1) is 13.4. The Morgan fingerprint density at radius 2 is 2.26 bits per heavy atom. The highest BCUT2D eigenvalue weighted by Gasteiger charge is 2.00. The van der Waals surface area contributed by atoms with Gasteiger partial charge < -0.3 is 14.5 Å². The Hall–Kier alpha value is -2.07. The minimum atomic E-state index is -0.128. The molecule has 0 unspecified atom stereocenters. The van der Waals surface area contributed by atoms with E-state index < -0.39 is 0 Å². The van der Waals surface area contributed by atoms with Crippen LogP contribution in [0, 0.1) is 0 Å². The van der Waals surface area contributed by atoms with Crippen LogP contribution in [-0.4, -0.2) is 26.2 Å². The quantitative estimate of drug-likeness (QED) is 0.641. The molecule has 0 aliphatic heterocycles. The Morgan fingerprint density at radius 1 is 1.42 bits per heavy atom. The third-order valence-corrected chi connectivity index (χ3v) is 2.67. The van der Waals surface area contributed by atoms with Crippen molar-refractivity contribution in [1.82, 2.24) is 5.32 Å². The third-order valence-electron chi connectivity index (χ3n) is 2.67. The molecular formula is C15H17NO3. The SMILES string of the molecule is COCCCNC(=O)/C=C/c1cc2ccccc2o1. The molecule has 4 heteroatoms. The molecule has 1 aromatic heterocycles. The molecule has 0 aliphatic rings. The van der Waals surface area contributed by atoms with E-state index in [1.807, 2.05) is 30.3 Å². The number of benzene rings is 1. The van der Waals surface area contributed by atoms with Crippen molar-refractivity contribution >= 4 is 23.0 Å². The molecule has 0 saturated heterocycles. The number of carbonyl (C=O) groups is 1. The third kappa shape index (κ3) is 3.96. The lowest BCUT2D eigenvalue weighted by atomic mass is 10.2. The summed E-state index contributed by atoms with van der Waals surface area (Å²) < 4.78 is 10.5. The maximum Gasteiger partial charge on any atom is 0.244 e. The standard InChI is InChI=1S/C15H17NO3/c1-18-10-4-9-16-15(17)8-7-13-11-12-5-2-3-6-14(12)19-13/h2-3,5-8,11H,4,9-10H2,1H3,(H,16,17)/b8-7+. The topological polar surface area (TPSA) is 51.5 Å². The van der Waals surface area contributed by atoms with Gasteiger partial charge in [0, 0.05) is 31.7 Å². The van der Waals surface area contributed by atoms with Crippen LogP contribution in [0.25, 0.3) is 17.0 Å². The van der Waals surface area contributed by atoms with Crippen LogP contribution in [0.15, 0.2) is 40.8 Å². The first-order chi connectivity index (χ1) is 9.29. The zero-order valence-electron chi connectivity index (χ0n) is 10.9. The van der Waals surface area contributed by atoms with E-state index in [0.29, 0.717) is 18.9 Å². The second-order valence-corrected chi connectivity index (χ2v) is 4.16. The molecule has 1 aromatic carbocycles. The van der Waals surface area contributed by atoms with Gasteiger partial charge in [0.1, 0.15) is 11.3 Å². The van der Waals surface area contributed by atoms with Crippen LogP contribution in [0.3, 0.4) is 0 Å². The van der Waals surface area contributed by atoms with Crippen LogP contribution < -0.4 is 5.32 Å². The summed E-state index contributed by atoms with van der Waals surface area (Å²) in [5.74, 6) is 0.546. The normalized spacial score (nSPS) is 11.2. The van der Waals surface area contributed by atoms with Crippen molar-refractivity contribution in [2.45, 2.75) is 6.42 Å². The average molecular weight is 259 g/mol. The smallest absolute Gasteiger partial charge is 0.244 e. The molecule has 0 fully saturated rings. The fourth-order valence-corrected chi connectivity index (χ4v) is 1.73. The van der Waals surface area contributed by atoms with Crippen molar-refractivity contribution < 1.29 is 13.9 Å². The fraction of sp³-hybridized carbons (Fsp3) is 0.267. The zero-order valence-corrected chi connectivity index (χ0v) is 10.9. The van der Waals surface area contributed by atoms with E-state index in [1.54, 1.807) is 13.2 Å². The molecule has 100 valence electrons. The number of nitrogens with one attached hydrogen (secondary N) is 1. The van der Waals surface area contributed by atoms with Gasteiger partial charge in [0.15, 0.2) is 0 Å². The summed E-state index contributed by atoms with van der Waals surface area (Å²) in [6.45, 7) is 1.25.